The quantitative estimate of drug-likeness (QED) is 0.807. The van der Waals surface area contributed by atoms with Crippen LogP contribution in [0.25, 0.3) is 0 Å². The Kier molecular flexibility index (Phi) is 4.50. The van der Waals surface area contributed by atoms with Gasteiger partial charge in [-0.25, -0.2) is 4.79 Å². The van der Waals surface area contributed by atoms with Crippen molar-refractivity contribution >= 4 is 23.6 Å². The number of hydrogen-bond acceptors (Lipinski definition) is 5. The Morgan fingerprint density at radius 3 is 2.68 bits per heavy atom. The highest BCUT2D eigenvalue weighted by molar-refractivity contribution is 6.04. The lowest BCUT2D eigenvalue weighted by atomic mass is 10.1. The maximum atomic E-state index is 12.1. The molecule has 4 N–H and O–H groups in total. The van der Waals surface area contributed by atoms with Gasteiger partial charge in [0.2, 0.25) is 11.8 Å². The van der Waals surface area contributed by atoms with Gasteiger partial charge in [0, 0.05) is 6.42 Å². The fourth-order valence-electron chi connectivity index (χ4n) is 2.42. The lowest BCUT2D eigenvalue weighted by molar-refractivity contribution is -0.121. The van der Waals surface area contributed by atoms with Crippen molar-refractivity contribution in [2.75, 3.05) is 12.0 Å². The number of benzene rings is 1. The molecule has 1 aliphatic heterocycles. The molecule has 1 unspecified atom stereocenters. The average Bonchev–Trinajstić information content (AvgIpc) is 2.86. The van der Waals surface area contributed by atoms with Crippen molar-refractivity contribution in [1.29, 1.82) is 0 Å². The molecule has 2 rings (SSSR count). The third kappa shape index (κ3) is 3.11. The van der Waals surface area contributed by atoms with Crippen LogP contribution in [-0.4, -0.2) is 31.1 Å². The van der Waals surface area contributed by atoms with Gasteiger partial charge in [0.15, 0.2) is 0 Å². The zero-order chi connectivity index (χ0) is 16.3. The highest BCUT2D eigenvalue weighted by atomic mass is 16.5. The summed E-state index contributed by atoms with van der Waals surface area (Å²) in [6.07, 6.45) is -0.303. The van der Waals surface area contributed by atoms with Crippen LogP contribution in [0.1, 0.15) is 18.4 Å². The van der Waals surface area contributed by atoms with Crippen LogP contribution < -0.4 is 21.1 Å². The molecule has 0 spiro atoms. The number of carbonyl (C=O) groups excluding carboxylic acids is 3. The zero-order valence-electron chi connectivity index (χ0n) is 12.1. The molecular formula is C14H17N3O5. The van der Waals surface area contributed by atoms with E-state index in [1.165, 1.54) is 12.0 Å². The molecule has 1 fully saturated rings. The van der Waals surface area contributed by atoms with E-state index < -0.39 is 18.0 Å². The minimum absolute atomic E-state index is 0.0460. The Hall–Kier alpha value is -2.77. The summed E-state index contributed by atoms with van der Waals surface area (Å²) >= 11 is 0. The van der Waals surface area contributed by atoms with Gasteiger partial charge < -0.3 is 20.9 Å². The minimum atomic E-state index is -0.898. The summed E-state index contributed by atoms with van der Waals surface area (Å²) in [4.78, 5) is 35.6. The Morgan fingerprint density at radius 1 is 1.36 bits per heavy atom. The summed E-state index contributed by atoms with van der Waals surface area (Å²) in [6, 6.07) is 4.19. The van der Waals surface area contributed by atoms with Crippen LogP contribution in [0.4, 0.5) is 10.5 Å². The highest BCUT2D eigenvalue weighted by Gasteiger charge is 2.37. The lowest BCUT2D eigenvalue weighted by Gasteiger charge is -2.25. The number of carbonyl (C=O) groups is 3. The topological polar surface area (TPSA) is 125 Å². The maximum absolute atomic E-state index is 12.1. The number of nitrogens with two attached hydrogens (primary N) is 2. The largest absolute Gasteiger partial charge is 0.495 e. The van der Waals surface area contributed by atoms with Crippen molar-refractivity contribution < 1.29 is 23.9 Å². The molecule has 118 valence electrons. The van der Waals surface area contributed by atoms with Crippen LogP contribution in [0.3, 0.4) is 0 Å². The van der Waals surface area contributed by atoms with Gasteiger partial charge in [-0.15, -0.1) is 0 Å². The molecule has 0 saturated carbocycles. The van der Waals surface area contributed by atoms with Crippen molar-refractivity contribution in [2.24, 2.45) is 11.5 Å². The Labute approximate surface area is 126 Å². The summed E-state index contributed by atoms with van der Waals surface area (Å²) in [6.45, 7) is -0.0460. The summed E-state index contributed by atoms with van der Waals surface area (Å²) in [5.41, 5.74) is 11.3. The van der Waals surface area contributed by atoms with E-state index in [1.54, 1.807) is 18.2 Å². The van der Waals surface area contributed by atoms with E-state index in [4.69, 9.17) is 20.9 Å². The summed E-state index contributed by atoms with van der Waals surface area (Å²) in [5.74, 6) is -0.369. The van der Waals surface area contributed by atoms with Gasteiger partial charge in [0.05, 0.1) is 12.8 Å². The first-order valence-corrected chi connectivity index (χ1v) is 6.64. The van der Waals surface area contributed by atoms with Gasteiger partial charge in [-0.05, 0) is 24.1 Å². The average molecular weight is 307 g/mol. The van der Waals surface area contributed by atoms with Crippen LogP contribution in [-0.2, 0) is 20.9 Å². The molecule has 1 heterocycles. The van der Waals surface area contributed by atoms with E-state index in [1.807, 2.05) is 0 Å². The Bertz CT molecular complexity index is 616. The first-order chi connectivity index (χ1) is 10.4. The van der Waals surface area contributed by atoms with Crippen molar-refractivity contribution in [3.05, 3.63) is 23.8 Å². The summed E-state index contributed by atoms with van der Waals surface area (Å²) in [7, 11) is 1.46. The van der Waals surface area contributed by atoms with Crippen LogP contribution in [0, 0.1) is 0 Å². The zero-order valence-corrected chi connectivity index (χ0v) is 12.1. The number of anilines is 1. The van der Waals surface area contributed by atoms with Gasteiger partial charge in [-0.3, -0.25) is 14.5 Å². The number of hydrogen-bond donors (Lipinski definition) is 2. The predicted octanol–water partition coefficient (Wildman–Crippen LogP) is 0.271. The second-order valence-electron chi connectivity index (χ2n) is 4.83. The van der Waals surface area contributed by atoms with Gasteiger partial charge >= 0.3 is 6.09 Å². The molecule has 1 aliphatic rings. The molecule has 1 atom stereocenters. The maximum Gasteiger partial charge on any atom is 0.404 e. The molecule has 0 bridgehead atoms. The SMILES string of the molecule is COc1ccc(COC(N)=O)cc1N1C(=O)CCC1C(N)=O. The molecule has 22 heavy (non-hydrogen) atoms. The monoisotopic (exact) mass is 307 g/mol. The fraction of sp³-hybridized carbons (Fsp3) is 0.357. The lowest BCUT2D eigenvalue weighted by Crippen LogP contribution is -2.42. The molecule has 1 saturated heterocycles. The molecule has 8 heteroatoms. The van der Waals surface area contributed by atoms with Gasteiger partial charge in [0.1, 0.15) is 18.4 Å². The second kappa shape index (κ2) is 6.33. The number of methoxy groups -OCH3 is 1. The van der Waals surface area contributed by atoms with E-state index in [2.05, 4.69) is 0 Å². The van der Waals surface area contributed by atoms with Crippen LogP contribution in [0.2, 0.25) is 0 Å². The first-order valence-electron chi connectivity index (χ1n) is 6.64. The molecule has 0 aromatic heterocycles. The smallest absolute Gasteiger partial charge is 0.404 e. The van der Waals surface area contributed by atoms with Crippen LogP contribution >= 0.6 is 0 Å². The Morgan fingerprint density at radius 2 is 2.09 bits per heavy atom. The molecule has 1 aromatic rings. The number of amides is 3. The number of ether oxygens (including phenoxy) is 2. The number of rotatable bonds is 5. The van der Waals surface area contributed by atoms with Gasteiger partial charge in [0.25, 0.3) is 0 Å². The fourth-order valence-corrected chi connectivity index (χ4v) is 2.42. The summed E-state index contributed by atoms with van der Waals surface area (Å²) in [5, 5.41) is 0. The molecule has 3 amide bonds. The number of primary amides is 2. The van der Waals surface area contributed by atoms with Crippen molar-refractivity contribution in [3.63, 3.8) is 0 Å². The minimum Gasteiger partial charge on any atom is -0.495 e. The summed E-state index contributed by atoms with van der Waals surface area (Å²) < 4.78 is 9.96. The molecule has 0 aliphatic carbocycles. The third-order valence-electron chi connectivity index (χ3n) is 3.42. The molecule has 8 nitrogen and oxygen atoms in total. The normalized spacial score (nSPS) is 17.4. The van der Waals surface area contributed by atoms with Gasteiger partial charge in [-0.1, -0.05) is 6.07 Å². The first kappa shape index (κ1) is 15.6. The standard InChI is InChI=1S/C14H17N3O5/c1-21-11-4-2-8(7-22-14(16)20)6-10(11)17-9(13(15)19)3-5-12(17)18/h2,4,6,9H,3,5,7H2,1H3,(H2,15,19)(H2,16,20). The second-order valence-corrected chi connectivity index (χ2v) is 4.83. The van der Waals surface area contributed by atoms with E-state index in [0.717, 1.165) is 0 Å². The van der Waals surface area contributed by atoms with E-state index in [9.17, 15) is 14.4 Å². The number of nitrogens with zero attached hydrogens (tertiary/aromatic N) is 1. The van der Waals surface area contributed by atoms with Gasteiger partial charge in [-0.2, -0.15) is 0 Å². The van der Waals surface area contributed by atoms with E-state index >= 15 is 0 Å². The molecular weight excluding hydrogens is 290 g/mol. The Balaban J connectivity index is 2.38. The van der Waals surface area contributed by atoms with E-state index in [0.29, 0.717) is 23.4 Å². The highest BCUT2D eigenvalue weighted by Crippen LogP contribution is 2.35. The van der Waals surface area contributed by atoms with Crippen molar-refractivity contribution in [3.8, 4) is 5.75 Å². The third-order valence-corrected chi connectivity index (χ3v) is 3.42. The van der Waals surface area contributed by atoms with E-state index in [-0.39, 0.29) is 18.9 Å². The van der Waals surface area contributed by atoms with Crippen LogP contribution in [0.5, 0.6) is 5.75 Å². The van der Waals surface area contributed by atoms with Crippen LogP contribution in [0.15, 0.2) is 18.2 Å². The van der Waals surface area contributed by atoms with Crippen molar-refractivity contribution in [2.45, 2.75) is 25.5 Å². The van der Waals surface area contributed by atoms with Crippen molar-refractivity contribution in [1.82, 2.24) is 0 Å². The molecule has 1 aromatic carbocycles. The predicted molar refractivity (Wildman–Crippen MR) is 77.1 cm³/mol. The molecule has 0 radical (unpaired) electrons.